The Bertz CT molecular complexity index is 222. The van der Waals surface area contributed by atoms with Crippen LogP contribution < -0.4 is 5.73 Å². The molecule has 0 bridgehead atoms. The number of nitrogens with two attached hydrogens (primary N) is 1. The van der Waals surface area contributed by atoms with Gasteiger partial charge in [0.25, 0.3) is 0 Å². The lowest BCUT2D eigenvalue weighted by atomic mass is 9.62. The van der Waals surface area contributed by atoms with Crippen LogP contribution in [0.25, 0.3) is 0 Å². The van der Waals surface area contributed by atoms with Gasteiger partial charge in [-0.2, -0.15) is 0 Å². The molecule has 1 aliphatic carbocycles. The molecule has 5 unspecified atom stereocenters. The van der Waals surface area contributed by atoms with Gasteiger partial charge in [-0.05, 0) is 48.3 Å². The Morgan fingerprint density at radius 3 is 2.12 bits per heavy atom. The fourth-order valence-corrected chi connectivity index (χ4v) is 3.54. The van der Waals surface area contributed by atoms with Gasteiger partial charge < -0.3 is 5.73 Å². The normalized spacial score (nSPS) is 39.0. The average molecular weight is 239 g/mol. The van der Waals surface area contributed by atoms with E-state index in [0.29, 0.717) is 12.0 Å². The van der Waals surface area contributed by atoms with E-state index in [1.807, 2.05) is 0 Å². The molecule has 102 valence electrons. The Kier molecular flexibility index (Phi) is 5.50. The van der Waals surface area contributed by atoms with Crippen LogP contribution in [0.5, 0.6) is 0 Å². The van der Waals surface area contributed by atoms with E-state index in [0.717, 1.165) is 29.6 Å². The molecule has 0 heterocycles. The number of hydrogen-bond donors (Lipinski definition) is 1. The van der Waals surface area contributed by atoms with Crippen LogP contribution in [-0.2, 0) is 0 Å². The van der Waals surface area contributed by atoms with Crippen LogP contribution in [0.4, 0.5) is 0 Å². The second kappa shape index (κ2) is 6.22. The van der Waals surface area contributed by atoms with Crippen LogP contribution in [0.3, 0.4) is 0 Å². The molecule has 0 aromatic heterocycles. The zero-order valence-corrected chi connectivity index (χ0v) is 12.7. The topological polar surface area (TPSA) is 26.0 Å². The highest BCUT2D eigenvalue weighted by molar-refractivity contribution is 4.91. The summed E-state index contributed by atoms with van der Waals surface area (Å²) in [5.41, 5.74) is 6.43. The maximum absolute atomic E-state index is 6.43. The number of rotatable bonds is 4. The first-order valence-electron chi connectivity index (χ1n) is 7.60. The van der Waals surface area contributed by atoms with E-state index in [1.54, 1.807) is 0 Å². The van der Waals surface area contributed by atoms with Gasteiger partial charge in [-0.1, -0.05) is 48.0 Å². The average Bonchev–Trinajstić information content (AvgIpc) is 2.24. The summed E-state index contributed by atoms with van der Waals surface area (Å²) in [5, 5.41) is 0. The van der Waals surface area contributed by atoms with Crippen LogP contribution in [-0.4, -0.2) is 6.04 Å². The van der Waals surface area contributed by atoms with E-state index in [9.17, 15) is 0 Å². The molecular formula is C16H33N. The van der Waals surface area contributed by atoms with Gasteiger partial charge in [-0.25, -0.2) is 0 Å². The molecule has 0 aromatic carbocycles. The minimum Gasteiger partial charge on any atom is -0.327 e. The molecular weight excluding hydrogens is 206 g/mol. The SMILES string of the molecule is CC(C)CCC1CC(C(C)C)C(N)C(C)C1C. The highest BCUT2D eigenvalue weighted by atomic mass is 14.7. The molecule has 0 aromatic rings. The summed E-state index contributed by atoms with van der Waals surface area (Å²) in [6.07, 6.45) is 4.14. The van der Waals surface area contributed by atoms with E-state index in [4.69, 9.17) is 5.73 Å². The first-order chi connectivity index (χ1) is 7.84. The molecule has 0 radical (unpaired) electrons. The Morgan fingerprint density at radius 2 is 1.65 bits per heavy atom. The van der Waals surface area contributed by atoms with Crippen LogP contribution in [0.1, 0.15) is 60.8 Å². The molecule has 17 heavy (non-hydrogen) atoms. The van der Waals surface area contributed by atoms with E-state index in [-0.39, 0.29) is 0 Å². The van der Waals surface area contributed by atoms with Gasteiger partial charge in [0, 0.05) is 6.04 Å². The predicted molar refractivity (Wildman–Crippen MR) is 76.8 cm³/mol. The van der Waals surface area contributed by atoms with Crippen molar-refractivity contribution >= 4 is 0 Å². The molecule has 1 saturated carbocycles. The van der Waals surface area contributed by atoms with Gasteiger partial charge in [-0.15, -0.1) is 0 Å². The monoisotopic (exact) mass is 239 g/mol. The maximum Gasteiger partial charge on any atom is 0.00981 e. The van der Waals surface area contributed by atoms with Crippen molar-refractivity contribution in [3.05, 3.63) is 0 Å². The fraction of sp³-hybridized carbons (Fsp3) is 1.00. The van der Waals surface area contributed by atoms with Crippen molar-refractivity contribution in [1.82, 2.24) is 0 Å². The molecule has 1 fully saturated rings. The largest absolute Gasteiger partial charge is 0.327 e. The van der Waals surface area contributed by atoms with Gasteiger partial charge in [0.1, 0.15) is 0 Å². The predicted octanol–water partition coefficient (Wildman–Crippen LogP) is 4.31. The molecule has 0 aliphatic heterocycles. The molecule has 1 rings (SSSR count). The van der Waals surface area contributed by atoms with Crippen LogP contribution in [0, 0.1) is 35.5 Å². The Balaban J connectivity index is 2.64. The molecule has 1 aliphatic rings. The summed E-state index contributed by atoms with van der Waals surface area (Å²) in [6.45, 7) is 14.1. The summed E-state index contributed by atoms with van der Waals surface area (Å²) >= 11 is 0. The second-order valence-corrected chi connectivity index (χ2v) is 7.17. The summed E-state index contributed by atoms with van der Waals surface area (Å²) in [6, 6.07) is 0.417. The lowest BCUT2D eigenvalue weighted by molar-refractivity contribution is 0.0696. The molecule has 0 amide bonds. The van der Waals surface area contributed by atoms with E-state index < -0.39 is 0 Å². The second-order valence-electron chi connectivity index (χ2n) is 7.17. The van der Waals surface area contributed by atoms with Crippen LogP contribution >= 0.6 is 0 Å². The summed E-state index contributed by atoms with van der Waals surface area (Å²) in [7, 11) is 0. The molecule has 0 spiro atoms. The fourth-order valence-electron chi connectivity index (χ4n) is 3.54. The van der Waals surface area contributed by atoms with Gasteiger partial charge in [-0.3, -0.25) is 0 Å². The molecule has 5 atom stereocenters. The zero-order chi connectivity index (χ0) is 13.2. The lowest BCUT2D eigenvalue weighted by Crippen LogP contribution is -2.48. The number of hydrogen-bond acceptors (Lipinski definition) is 1. The Hall–Kier alpha value is -0.0400. The van der Waals surface area contributed by atoms with Gasteiger partial charge in [0.15, 0.2) is 0 Å². The first-order valence-corrected chi connectivity index (χ1v) is 7.60. The zero-order valence-electron chi connectivity index (χ0n) is 12.7. The smallest absolute Gasteiger partial charge is 0.00981 e. The first kappa shape index (κ1) is 15.0. The molecule has 2 N–H and O–H groups in total. The summed E-state index contributed by atoms with van der Waals surface area (Å²) in [4.78, 5) is 0. The quantitative estimate of drug-likeness (QED) is 0.777. The van der Waals surface area contributed by atoms with E-state index in [2.05, 4.69) is 41.5 Å². The maximum atomic E-state index is 6.43. The van der Waals surface area contributed by atoms with Crippen molar-refractivity contribution in [2.45, 2.75) is 66.8 Å². The highest BCUT2D eigenvalue weighted by Gasteiger charge is 2.39. The Morgan fingerprint density at radius 1 is 1.06 bits per heavy atom. The van der Waals surface area contributed by atoms with E-state index >= 15 is 0 Å². The van der Waals surface area contributed by atoms with Gasteiger partial charge in [0.05, 0.1) is 0 Å². The summed E-state index contributed by atoms with van der Waals surface area (Å²) in [5.74, 6) is 4.71. The third-order valence-corrected chi connectivity index (χ3v) is 5.22. The molecule has 1 nitrogen and oxygen atoms in total. The lowest BCUT2D eigenvalue weighted by Gasteiger charge is -2.45. The van der Waals surface area contributed by atoms with Crippen molar-refractivity contribution in [3.8, 4) is 0 Å². The van der Waals surface area contributed by atoms with E-state index in [1.165, 1.54) is 19.3 Å². The minimum atomic E-state index is 0.417. The van der Waals surface area contributed by atoms with Crippen LogP contribution in [0.15, 0.2) is 0 Å². The van der Waals surface area contributed by atoms with Crippen molar-refractivity contribution in [1.29, 1.82) is 0 Å². The molecule has 0 saturated heterocycles. The molecule has 1 heteroatoms. The minimum absolute atomic E-state index is 0.417. The highest BCUT2D eigenvalue weighted by Crippen LogP contribution is 2.42. The third kappa shape index (κ3) is 3.71. The van der Waals surface area contributed by atoms with Crippen molar-refractivity contribution in [3.63, 3.8) is 0 Å². The van der Waals surface area contributed by atoms with Gasteiger partial charge >= 0.3 is 0 Å². The van der Waals surface area contributed by atoms with Crippen molar-refractivity contribution in [2.75, 3.05) is 0 Å². The summed E-state index contributed by atoms with van der Waals surface area (Å²) < 4.78 is 0. The third-order valence-electron chi connectivity index (χ3n) is 5.22. The van der Waals surface area contributed by atoms with Gasteiger partial charge in [0.2, 0.25) is 0 Å². The standard InChI is InChI=1S/C16H33N/c1-10(2)7-8-14-9-15(11(3)4)16(17)13(6)12(14)5/h10-16H,7-9,17H2,1-6H3. The van der Waals surface area contributed by atoms with Crippen molar-refractivity contribution < 1.29 is 0 Å². The van der Waals surface area contributed by atoms with Crippen molar-refractivity contribution in [2.24, 2.45) is 41.2 Å². The Labute approximate surface area is 109 Å². The van der Waals surface area contributed by atoms with Crippen LogP contribution in [0.2, 0.25) is 0 Å².